The Morgan fingerprint density at radius 3 is 1.96 bits per heavy atom. The van der Waals surface area contributed by atoms with E-state index in [2.05, 4.69) is 75.1 Å². The van der Waals surface area contributed by atoms with Crippen molar-refractivity contribution in [1.82, 2.24) is 0 Å². The van der Waals surface area contributed by atoms with Crippen LogP contribution in [0.2, 0.25) is 18.1 Å². The molecule has 0 aromatic carbocycles. The first-order chi connectivity index (χ1) is 10.1. The zero-order chi connectivity index (χ0) is 18.3. The van der Waals surface area contributed by atoms with Crippen LogP contribution in [-0.2, 0) is 13.7 Å². The van der Waals surface area contributed by atoms with Crippen molar-refractivity contribution < 1.29 is 13.7 Å². The molecule has 3 nitrogen and oxygen atoms in total. The maximum atomic E-state index is 6.32. The summed E-state index contributed by atoms with van der Waals surface area (Å²) in [7, 11) is -2.00. The van der Waals surface area contributed by atoms with Gasteiger partial charge in [-0.1, -0.05) is 27.7 Å². The third-order valence-electron chi connectivity index (χ3n) is 5.73. The molecule has 5 heteroatoms. The average Bonchev–Trinajstić information content (AvgIpc) is 2.55. The molecule has 1 atom stereocenters. The summed E-state index contributed by atoms with van der Waals surface area (Å²) >= 11 is 0. The summed E-state index contributed by atoms with van der Waals surface area (Å²) in [5.41, 5.74) is 0.401. The smallest absolute Gasteiger partial charge is 0.417 e. The molecule has 1 aliphatic rings. The summed E-state index contributed by atoms with van der Waals surface area (Å²) in [6, 6.07) is 0. The van der Waals surface area contributed by atoms with Crippen LogP contribution in [0.4, 0.5) is 0 Å². The molecule has 1 saturated heterocycles. The van der Waals surface area contributed by atoms with Gasteiger partial charge in [-0.3, -0.25) is 0 Å². The van der Waals surface area contributed by atoms with Crippen molar-refractivity contribution in [3.63, 3.8) is 0 Å². The van der Waals surface area contributed by atoms with E-state index in [9.17, 15) is 0 Å². The van der Waals surface area contributed by atoms with E-state index in [1.807, 2.05) is 0 Å². The van der Waals surface area contributed by atoms with Crippen LogP contribution in [0.15, 0.2) is 12.1 Å². The highest BCUT2D eigenvalue weighted by atomic mass is 28.4. The SMILES string of the molecule is C=C(C[C@H](C)CO[Si](C)(C)C(C)(C)C)B1OC(C)(C)C(C)(C)O1. The Kier molecular flexibility index (Phi) is 6.07. The Labute approximate surface area is 145 Å². The van der Waals surface area contributed by atoms with Gasteiger partial charge in [0.1, 0.15) is 0 Å². The van der Waals surface area contributed by atoms with Gasteiger partial charge in [0.25, 0.3) is 0 Å². The van der Waals surface area contributed by atoms with Gasteiger partial charge in [0.15, 0.2) is 8.32 Å². The minimum absolute atomic E-state index is 0.245. The van der Waals surface area contributed by atoms with E-state index in [0.29, 0.717) is 5.92 Å². The van der Waals surface area contributed by atoms with Crippen LogP contribution in [-0.4, -0.2) is 33.2 Å². The fraction of sp³-hybridized carbons (Fsp3) is 0.889. The molecule has 23 heavy (non-hydrogen) atoms. The third kappa shape index (κ3) is 4.94. The van der Waals surface area contributed by atoms with E-state index >= 15 is 0 Å². The van der Waals surface area contributed by atoms with Crippen LogP contribution >= 0.6 is 0 Å². The number of allylic oxidation sites excluding steroid dienone is 1. The molecular formula is C18H37BO3Si. The molecule has 0 radical (unpaired) electrons. The monoisotopic (exact) mass is 340 g/mol. The zero-order valence-electron chi connectivity index (χ0n) is 17.0. The van der Waals surface area contributed by atoms with E-state index in [0.717, 1.165) is 18.5 Å². The van der Waals surface area contributed by atoms with E-state index < -0.39 is 8.32 Å². The summed E-state index contributed by atoms with van der Waals surface area (Å²) in [4.78, 5) is 0. The van der Waals surface area contributed by atoms with Gasteiger partial charge in [-0.15, -0.1) is 6.58 Å². The van der Waals surface area contributed by atoms with Crippen molar-refractivity contribution >= 4 is 15.4 Å². The van der Waals surface area contributed by atoms with Gasteiger partial charge in [0.2, 0.25) is 0 Å². The van der Waals surface area contributed by atoms with Gasteiger partial charge < -0.3 is 13.7 Å². The Morgan fingerprint density at radius 1 is 1.13 bits per heavy atom. The molecule has 0 aromatic rings. The van der Waals surface area contributed by atoms with Crippen LogP contribution < -0.4 is 0 Å². The van der Waals surface area contributed by atoms with Crippen LogP contribution in [0.25, 0.3) is 0 Å². The van der Waals surface area contributed by atoms with Crippen molar-refractivity contribution in [2.24, 2.45) is 5.92 Å². The Balaban J connectivity index is 2.53. The van der Waals surface area contributed by atoms with Crippen LogP contribution in [0.5, 0.6) is 0 Å². The maximum absolute atomic E-state index is 6.32. The highest BCUT2D eigenvalue weighted by Gasteiger charge is 2.52. The van der Waals surface area contributed by atoms with Gasteiger partial charge in [-0.25, -0.2) is 0 Å². The van der Waals surface area contributed by atoms with Gasteiger partial charge >= 0.3 is 7.12 Å². The van der Waals surface area contributed by atoms with Gasteiger partial charge in [0.05, 0.1) is 11.2 Å². The standard InChI is InChI=1S/C18H37BO3Si/c1-14(13-20-23(10,11)16(3,4)5)12-15(2)19-21-17(6,7)18(8,9)22-19/h14H,2,12-13H2,1,3-11H3/t14-/m0/s1. The molecule has 0 amide bonds. The summed E-state index contributed by atoms with van der Waals surface area (Å²) in [6.07, 6.45) is 0.867. The molecule has 1 fully saturated rings. The fourth-order valence-electron chi connectivity index (χ4n) is 2.18. The molecule has 134 valence electrons. The first kappa shape index (κ1) is 20.9. The first-order valence-corrected chi connectivity index (χ1v) is 11.7. The molecule has 0 aliphatic carbocycles. The van der Waals surface area contributed by atoms with Crippen LogP contribution in [0.1, 0.15) is 61.8 Å². The largest absolute Gasteiger partial charge is 0.489 e. The second-order valence-corrected chi connectivity index (χ2v) is 14.4. The van der Waals surface area contributed by atoms with E-state index in [-0.39, 0.29) is 23.4 Å². The molecule has 0 bridgehead atoms. The fourth-order valence-corrected chi connectivity index (χ4v) is 3.31. The minimum atomic E-state index is -1.69. The predicted octanol–water partition coefficient (Wildman–Crippen LogP) is 5.22. The second kappa shape index (κ2) is 6.66. The Morgan fingerprint density at radius 2 is 1.57 bits per heavy atom. The van der Waals surface area contributed by atoms with Crippen molar-refractivity contribution in [3.05, 3.63) is 12.1 Å². The first-order valence-electron chi connectivity index (χ1n) is 8.76. The summed E-state index contributed by atoms with van der Waals surface area (Å²) in [5.74, 6) is 0.413. The third-order valence-corrected chi connectivity index (χ3v) is 10.2. The van der Waals surface area contributed by atoms with Gasteiger partial charge in [0, 0.05) is 6.61 Å². The van der Waals surface area contributed by atoms with E-state index in [1.54, 1.807) is 0 Å². The zero-order valence-corrected chi connectivity index (χ0v) is 18.0. The van der Waals surface area contributed by atoms with Crippen LogP contribution in [0.3, 0.4) is 0 Å². The van der Waals surface area contributed by atoms with Gasteiger partial charge in [-0.05, 0) is 63.6 Å². The Hall–Kier alpha value is -0.0982. The normalized spacial score (nSPS) is 22.3. The lowest BCUT2D eigenvalue weighted by atomic mass is 9.75. The summed E-state index contributed by atoms with van der Waals surface area (Å²) in [5, 5.41) is 0.245. The predicted molar refractivity (Wildman–Crippen MR) is 102 cm³/mol. The number of hydrogen-bond donors (Lipinski definition) is 0. The van der Waals surface area contributed by atoms with Gasteiger partial charge in [-0.2, -0.15) is 0 Å². The maximum Gasteiger partial charge on any atom is 0.489 e. The number of hydrogen-bond acceptors (Lipinski definition) is 3. The topological polar surface area (TPSA) is 27.7 Å². The highest BCUT2D eigenvalue weighted by molar-refractivity contribution is 6.74. The molecule has 1 heterocycles. The highest BCUT2D eigenvalue weighted by Crippen LogP contribution is 2.40. The van der Waals surface area contributed by atoms with E-state index in [1.165, 1.54) is 0 Å². The lowest BCUT2D eigenvalue weighted by Gasteiger charge is -2.37. The summed E-state index contributed by atoms with van der Waals surface area (Å²) in [6.45, 7) is 26.9. The minimum Gasteiger partial charge on any atom is -0.417 e. The molecule has 0 unspecified atom stereocenters. The quantitative estimate of drug-likeness (QED) is 0.620. The molecular weight excluding hydrogens is 303 g/mol. The number of rotatable bonds is 6. The molecule has 0 saturated carbocycles. The van der Waals surface area contributed by atoms with Crippen LogP contribution in [0, 0.1) is 5.92 Å². The van der Waals surface area contributed by atoms with Crippen molar-refractivity contribution in [1.29, 1.82) is 0 Å². The molecule has 0 aromatic heterocycles. The van der Waals surface area contributed by atoms with E-state index in [4.69, 9.17) is 13.7 Å². The van der Waals surface area contributed by atoms with Crippen molar-refractivity contribution in [3.8, 4) is 0 Å². The average molecular weight is 340 g/mol. The Bertz CT molecular complexity index is 422. The second-order valence-electron chi connectivity index (χ2n) is 9.63. The lowest BCUT2D eigenvalue weighted by molar-refractivity contribution is 0.00578. The lowest BCUT2D eigenvalue weighted by Crippen LogP contribution is -2.41. The molecule has 1 aliphatic heterocycles. The molecule has 0 spiro atoms. The summed E-state index contributed by atoms with van der Waals surface area (Å²) < 4.78 is 18.5. The van der Waals surface area contributed by atoms with Crippen molar-refractivity contribution in [2.75, 3.05) is 6.61 Å². The molecule has 0 N–H and O–H groups in total. The molecule has 1 rings (SSSR count). The van der Waals surface area contributed by atoms with Crippen molar-refractivity contribution in [2.45, 2.75) is 91.1 Å².